The van der Waals surface area contributed by atoms with E-state index in [0.29, 0.717) is 0 Å². The number of rotatable bonds is 3. The predicted molar refractivity (Wildman–Crippen MR) is 71.1 cm³/mol. The van der Waals surface area contributed by atoms with Crippen LogP contribution in [0.1, 0.15) is 11.1 Å². The summed E-state index contributed by atoms with van der Waals surface area (Å²) < 4.78 is 0. The van der Waals surface area contributed by atoms with Crippen LogP contribution in [0.5, 0.6) is 0 Å². The Morgan fingerprint density at radius 1 is 0.889 bits per heavy atom. The van der Waals surface area contributed by atoms with Gasteiger partial charge in [-0.25, -0.2) is 0 Å². The van der Waals surface area contributed by atoms with Gasteiger partial charge in [0.2, 0.25) is 0 Å². The normalized spacial score (nSPS) is 10.4. The zero-order chi connectivity index (χ0) is 12.2. The van der Waals surface area contributed by atoms with Crippen molar-refractivity contribution in [1.29, 1.82) is 0 Å². The summed E-state index contributed by atoms with van der Waals surface area (Å²) in [5, 5.41) is 10.7. The maximum Gasteiger partial charge on any atom is 0.113 e. The molecule has 3 nitrogen and oxygen atoms in total. The molecule has 3 heteroatoms. The Morgan fingerprint density at radius 3 is 2.44 bits per heavy atom. The molecule has 1 aromatic heterocycles. The van der Waals surface area contributed by atoms with Crippen molar-refractivity contribution in [3.05, 3.63) is 71.9 Å². The predicted octanol–water partition coefficient (Wildman–Crippen LogP) is 3.06. The summed E-state index contributed by atoms with van der Waals surface area (Å²) in [6.07, 6.45) is 2.66. The van der Waals surface area contributed by atoms with Crippen molar-refractivity contribution in [1.82, 2.24) is 15.4 Å². The molecule has 0 bridgehead atoms. The summed E-state index contributed by atoms with van der Waals surface area (Å²) in [4.78, 5) is 0. The minimum atomic E-state index is 0.890. The second kappa shape index (κ2) is 4.84. The van der Waals surface area contributed by atoms with Crippen LogP contribution in [0.2, 0.25) is 0 Å². The maximum absolute atomic E-state index is 4.15. The van der Waals surface area contributed by atoms with Crippen molar-refractivity contribution < 1.29 is 0 Å². The van der Waals surface area contributed by atoms with Gasteiger partial charge in [-0.2, -0.15) is 15.4 Å². The first-order valence-corrected chi connectivity index (χ1v) is 5.91. The van der Waals surface area contributed by atoms with Gasteiger partial charge in [0.25, 0.3) is 0 Å². The third-order valence-electron chi connectivity index (χ3n) is 2.95. The molecule has 0 aliphatic carbocycles. The van der Waals surface area contributed by atoms with E-state index in [1.165, 1.54) is 11.1 Å². The van der Waals surface area contributed by atoms with E-state index in [2.05, 4.69) is 57.9 Å². The van der Waals surface area contributed by atoms with Gasteiger partial charge in [0.15, 0.2) is 0 Å². The van der Waals surface area contributed by atoms with E-state index in [-0.39, 0.29) is 0 Å². The number of hydrogen-bond donors (Lipinski definition) is 1. The van der Waals surface area contributed by atoms with Crippen molar-refractivity contribution in [2.75, 3.05) is 0 Å². The van der Waals surface area contributed by atoms with Gasteiger partial charge >= 0.3 is 0 Å². The molecule has 1 N–H and O–H groups in total. The van der Waals surface area contributed by atoms with E-state index in [0.717, 1.165) is 17.7 Å². The number of nitrogens with zero attached hydrogens (tertiary/aromatic N) is 2. The van der Waals surface area contributed by atoms with E-state index >= 15 is 0 Å². The minimum absolute atomic E-state index is 0.890. The van der Waals surface area contributed by atoms with Gasteiger partial charge in [-0.15, -0.1) is 0 Å². The second-order valence-electron chi connectivity index (χ2n) is 4.17. The summed E-state index contributed by atoms with van der Waals surface area (Å²) in [5.41, 5.74) is 4.59. The third-order valence-corrected chi connectivity index (χ3v) is 2.95. The molecule has 0 amide bonds. The monoisotopic (exact) mass is 235 g/mol. The van der Waals surface area contributed by atoms with Gasteiger partial charge in [-0.1, -0.05) is 54.6 Å². The summed E-state index contributed by atoms with van der Waals surface area (Å²) in [5.74, 6) is 0. The summed E-state index contributed by atoms with van der Waals surface area (Å²) in [7, 11) is 0. The van der Waals surface area contributed by atoms with Gasteiger partial charge < -0.3 is 0 Å². The molecule has 0 atom stereocenters. The number of benzene rings is 2. The second-order valence-corrected chi connectivity index (χ2v) is 4.17. The highest BCUT2D eigenvalue weighted by molar-refractivity contribution is 5.63. The van der Waals surface area contributed by atoms with Crippen molar-refractivity contribution in [3.63, 3.8) is 0 Å². The van der Waals surface area contributed by atoms with E-state index in [1.807, 2.05) is 12.1 Å². The van der Waals surface area contributed by atoms with Crippen LogP contribution < -0.4 is 0 Å². The highest BCUT2D eigenvalue weighted by Crippen LogP contribution is 2.23. The molecule has 0 aliphatic rings. The van der Waals surface area contributed by atoms with Gasteiger partial charge in [0, 0.05) is 5.56 Å². The number of nitrogens with one attached hydrogen (secondary N) is 1. The van der Waals surface area contributed by atoms with Crippen LogP contribution in [0.15, 0.2) is 60.8 Å². The Balaban J connectivity index is 1.98. The first kappa shape index (κ1) is 10.7. The lowest BCUT2D eigenvalue weighted by atomic mass is 9.98. The van der Waals surface area contributed by atoms with E-state index in [9.17, 15) is 0 Å². The number of hydrogen-bond acceptors (Lipinski definition) is 2. The van der Waals surface area contributed by atoms with Crippen LogP contribution in [0.4, 0.5) is 0 Å². The molecule has 88 valence electrons. The van der Waals surface area contributed by atoms with Crippen LogP contribution in [0, 0.1) is 0 Å². The van der Waals surface area contributed by atoms with Crippen LogP contribution in [-0.4, -0.2) is 15.4 Å². The first-order chi connectivity index (χ1) is 8.93. The average molecular weight is 235 g/mol. The van der Waals surface area contributed by atoms with Crippen molar-refractivity contribution in [2.24, 2.45) is 0 Å². The van der Waals surface area contributed by atoms with Gasteiger partial charge in [0.05, 0.1) is 6.20 Å². The molecule has 2 aromatic carbocycles. The zero-order valence-electron chi connectivity index (χ0n) is 9.88. The molecule has 3 rings (SSSR count). The molecule has 18 heavy (non-hydrogen) atoms. The molecule has 1 heterocycles. The number of H-pyrrole nitrogens is 1. The summed E-state index contributed by atoms with van der Waals surface area (Å²) in [6, 6.07) is 18.7. The molecule has 0 radical (unpaired) electrons. The van der Waals surface area contributed by atoms with Gasteiger partial charge in [-0.3, -0.25) is 0 Å². The van der Waals surface area contributed by atoms with Crippen LogP contribution >= 0.6 is 0 Å². The molecule has 0 spiro atoms. The maximum atomic E-state index is 4.15. The minimum Gasteiger partial charge on any atom is -0.197 e. The Kier molecular flexibility index (Phi) is 2.88. The fourth-order valence-corrected chi connectivity index (χ4v) is 2.07. The smallest absolute Gasteiger partial charge is 0.113 e. The Bertz CT molecular complexity index is 615. The molecular weight excluding hydrogens is 222 g/mol. The molecule has 0 saturated carbocycles. The largest absolute Gasteiger partial charge is 0.197 e. The van der Waals surface area contributed by atoms with E-state index in [1.54, 1.807) is 6.20 Å². The lowest BCUT2D eigenvalue weighted by Crippen LogP contribution is -1.92. The topological polar surface area (TPSA) is 41.6 Å². The Morgan fingerprint density at radius 2 is 1.67 bits per heavy atom. The van der Waals surface area contributed by atoms with E-state index < -0.39 is 0 Å². The van der Waals surface area contributed by atoms with Crippen molar-refractivity contribution >= 4 is 0 Å². The highest BCUT2D eigenvalue weighted by atomic mass is 15.3. The standard InChI is InChI=1S/C15H13N3/c1-2-6-12(7-3-1)10-13-8-4-5-9-14(13)15-11-16-18-17-15/h1-9,11H,10H2,(H,16,17,18). The fourth-order valence-electron chi connectivity index (χ4n) is 2.07. The van der Waals surface area contributed by atoms with E-state index in [4.69, 9.17) is 0 Å². The molecule has 0 aliphatic heterocycles. The van der Waals surface area contributed by atoms with Crippen LogP contribution in [0.3, 0.4) is 0 Å². The third kappa shape index (κ3) is 2.15. The molecular formula is C15H13N3. The number of aromatic nitrogens is 3. The quantitative estimate of drug-likeness (QED) is 0.758. The Labute approximate surface area is 105 Å². The SMILES string of the molecule is c1ccc(Cc2ccccc2-c2cn[nH]n2)cc1. The number of aromatic amines is 1. The molecule has 0 unspecified atom stereocenters. The molecule has 0 saturated heterocycles. The summed E-state index contributed by atoms with van der Waals surface area (Å²) >= 11 is 0. The van der Waals surface area contributed by atoms with Gasteiger partial charge in [-0.05, 0) is 17.5 Å². The first-order valence-electron chi connectivity index (χ1n) is 5.91. The van der Waals surface area contributed by atoms with Gasteiger partial charge in [0.1, 0.15) is 5.69 Å². The van der Waals surface area contributed by atoms with Crippen molar-refractivity contribution in [3.8, 4) is 11.3 Å². The lowest BCUT2D eigenvalue weighted by molar-refractivity contribution is 0.941. The van der Waals surface area contributed by atoms with Crippen LogP contribution in [-0.2, 0) is 6.42 Å². The highest BCUT2D eigenvalue weighted by Gasteiger charge is 2.07. The van der Waals surface area contributed by atoms with Crippen molar-refractivity contribution in [2.45, 2.75) is 6.42 Å². The average Bonchev–Trinajstić information content (AvgIpc) is 2.94. The summed E-state index contributed by atoms with van der Waals surface area (Å²) in [6.45, 7) is 0. The zero-order valence-corrected chi connectivity index (χ0v) is 9.88. The Hall–Kier alpha value is -2.42. The van der Waals surface area contributed by atoms with Crippen LogP contribution in [0.25, 0.3) is 11.3 Å². The molecule has 0 fully saturated rings. The molecule has 3 aromatic rings. The lowest BCUT2D eigenvalue weighted by Gasteiger charge is -2.07. The fraction of sp³-hybridized carbons (Fsp3) is 0.0667.